The van der Waals surface area contributed by atoms with Crippen LogP contribution in [-0.4, -0.2) is 28.6 Å². The molecule has 0 aliphatic heterocycles. The predicted molar refractivity (Wildman–Crippen MR) is 80.1 cm³/mol. The lowest BCUT2D eigenvalue weighted by atomic mass is 10.2. The van der Waals surface area contributed by atoms with E-state index in [0.29, 0.717) is 4.88 Å². The van der Waals surface area contributed by atoms with Crippen molar-refractivity contribution in [1.29, 1.82) is 0 Å². The summed E-state index contributed by atoms with van der Waals surface area (Å²) in [6.45, 7) is 3.53. The summed E-state index contributed by atoms with van der Waals surface area (Å²) in [6.07, 6.45) is 0.731. The molecule has 5 heteroatoms. The van der Waals surface area contributed by atoms with E-state index in [4.69, 9.17) is 5.11 Å². The minimum Gasteiger partial charge on any atom is -0.394 e. The fourth-order valence-electron chi connectivity index (χ4n) is 1.84. The first-order valence-electron chi connectivity index (χ1n) is 6.52. The van der Waals surface area contributed by atoms with Gasteiger partial charge in [0, 0.05) is 12.5 Å². The number of aromatic nitrogens is 1. The number of rotatable bonds is 5. The molecule has 1 unspecified atom stereocenters. The first-order chi connectivity index (χ1) is 9.60. The Labute approximate surface area is 122 Å². The Balaban J connectivity index is 2.11. The van der Waals surface area contributed by atoms with Gasteiger partial charge in [-0.25, -0.2) is 4.98 Å². The Morgan fingerprint density at radius 2 is 2.10 bits per heavy atom. The fraction of sp³-hybridized carbons (Fsp3) is 0.333. The van der Waals surface area contributed by atoms with Crippen LogP contribution in [0.25, 0.3) is 0 Å². The molecule has 1 aromatic heterocycles. The fourth-order valence-corrected chi connectivity index (χ4v) is 2.85. The average molecular weight is 290 g/mol. The van der Waals surface area contributed by atoms with Crippen molar-refractivity contribution in [3.63, 3.8) is 0 Å². The Kier molecular flexibility index (Phi) is 4.87. The number of amides is 1. The number of carbonyl (C=O) groups is 1. The molecule has 20 heavy (non-hydrogen) atoms. The molecule has 2 N–H and O–H groups in total. The molecule has 1 amide bonds. The summed E-state index contributed by atoms with van der Waals surface area (Å²) in [5, 5.41) is 12.6. The molecule has 0 fully saturated rings. The lowest BCUT2D eigenvalue weighted by molar-refractivity contribution is 0.0925. The molecule has 0 radical (unpaired) electrons. The van der Waals surface area contributed by atoms with Crippen molar-refractivity contribution in [3.05, 3.63) is 51.5 Å². The Morgan fingerprint density at radius 3 is 2.75 bits per heavy atom. The molecule has 2 aromatic rings. The van der Waals surface area contributed by atoms with Crippen molar-refractivity contribution >= 4 is 17.2 Å². The number of nitrogens with one attached hydrogen (secondary N) is 1. The summed E-state index contributed by atoms with van der Waals surface area (Å²) >= 11 is 1.41. The van der Waals surface area contributed by atoms with Crippen LogP contribution in [0.4, 0.5) is 0 Å². The molecular weight excluding hydrogens is 272 g/mol. The van der Waals surface area contributed by atoms with E-state index in [-0.39, 0.29) is 18.6 Å². The van der Waals surface area contributed by atoms with Crippen LogP contribution in [0.5, 0.6) is 0 Å². The second-order valence-electron chi connectivity index (χ2n) is 4.74. The van der Waals surface area contributed by atoms with Gasteiger partial charge in [0.15, 0.2) is 0 Å². The highest BCUT2D eigenvalue weighted by Crippen LogP contribution is 2.20. The molecule has 0 saturated heterocycles. The molecule has 2 rings (SSSR count). The Morgan fingerprint density at radius 1 is 1.40 bits per heavy atom. The summed E-state index contributed by atoms with van der Waals surface area (Å²) in [6, 6.07) is 9.81. The molecule has 0 aliphatic carbocycles. The molecule has 1 aromatic carbocycles. The number of hydrogen-bond acceptors (Lipinski definition) is 4. The molecule has 1 heterocycles. The number of carbonyl (C=O) groups excluding carboxylic acids is 1. The van der Waals surface area contributed by atoms with Crippen molar-refractivity contribution in [1.82, 2.24) is 10.3 Å². The Bertz CT molecular complexity index is 581. The normalized spacial score (nSPS) is 12.2. The van der Waals surface area contributed by atoms with E-state index >= 15 is 0 Å². The van der Waals surface area contributed by atoms with Gasteiger partial charge >= 0.3 is 0 Å². The van der Waals surface area contributed by atoms with Crippen LogP contribution in [0, 0.1) is 6.92 Å². The van der Waals surface area contributed by atoms with E-state index in [2.05, 4.69) is 10.3 Å². The molecule has 0 saturated carbocycles. The van der Waals surface area contributed by atoms with Gasteiger partial charge < -0.3 is 10.4 Å². The van der Waals surface area contributed by atoms with E-state index in [0.717, 1.165) is 17.1 Å². The first kappa shape index (κ1) is 14.7. The van der Waals surface area contributed by atoms with Crippen molar-refractivity contribution < 1.29 is 9.90 Å². The zero-order valence-electron chi connectivity index (χ0n) is 11.6. The van der Waals surface area contributed by atoms with Crippen molar-refractivity contribution in [2.24, 2.45) is 0 Å². The first-order valence-corrected chi connectivity index (χ1v) is 7.33. The average Bonchev–Trinajstić information content (AvgIpc) is 2.80. The van der Waals surface area contributed by atoms with Crippen LogP contribution >= 0.6 is 11.3 Å². The van der Waals surface area contributed by atoms with E-state index in [1.54, 1.807) is 6.92 Å². The molecule has 0 aliphatic rings. The van der Waals surface area contributed by atoms with Gasteiger partial charge in [-0.1, -0.05) is 30.3 Å². The standard InChI is InChI=1S/C15H18N2O2S/c1-10(9-18)16-15(19)14-11(2)17-13(20-14)8-12-6-4-3-5-7-12/h3-7,10,18H,8-9H2,1-2H3,(H,16,19). The van der Waals surface area contributed by atoms with Crippen LogP contribution in [0.15, 0.2) is 30.3 Å². The van der Waals surface area contributed by atoms with Crippen LogP contribution in [0.2, 0.25) is 0 Å². The summed E-state index contributed by atoms with van der Waals surface area (Å²) in [5.41, 5.74) is 1.92. The number of nitrogens with zero attached hydrogens (tertiary/aromatic N) is 1. The second-order valence-corrected chi connectivity index (χ2v) is 5.83. The minimum atomic E-state index is -0.249. The van der Waals surface area contributed by atoms with Gasteiger partial charge in [-0.3, -0.25) is 4.79 Å². The third-order valence-electron chi connectivity index (χ3n) is 2.90. The highest BCUT2D eigenvalue weighted by Gasteiger charge is 2.16. The zero-order chi connectivity index (χ0) is 14.5. The van der Waals surface area contributed by atoms with E-state index in [1.165, 1.54) is 16.9 Å². The van der Waals surface area contributed by atoms with E-state index in [1.807, 2.05) is 37.3 Å². The highest BCUT2D eigenvalue weighted by atomic mass is 32.1. The monoisotopic (exact) mass is 290 g/mol. The zero-order valence-corrected chi connectivity index (χ0v) is 12.4. The SMILES string of the molecule is Cc1nc(Cc2ccccc2)sc1C(=O)NC(C)CO. The molecule has 0 spiro atoms. The Hall–Kier alpha value is -1.72. The third-order valence-corrected chi connectivity index (χ3v) is 4.05. The molecular formula is C15H18N2O2S. The summed E-state index contributed by atoms with van der Waals surface area (Å²) in [7, 11) is 0. The van der Waals surface area contributed by atoms with Gasteiger partial charge in [0.05, 0.1) is 17.3 Å². The van der Waals surface area contributed by atoms with Gasteiger partial charge in [0.1, 0.15) is 4.88 Å². The third kappa shape index (κ3) is 3.65. The van der Waals surface area contributed by atoms with Gasteiger partial charge in [-0.2, -0.15) is 0 Å². The van der Waals surface area contributed by atoms with Crippen LogP contribution in [0.1, 0.15) is 32.9 Å². The largest absolute Gasteiger partial charge is 0.394 e. The number of aryl methyl sites for hydroxylation is 1. The maximum atomic E-state index is 12.0. The van der Waals surface area contributed by atoms with Crippen molar-refractivity contribution in [2.75, 3.05) is 6.61 Å². The number of hydrogen-bond donors (Lipinski definition) is 2. The quantitative estimate of drug-likeness (QED) is 0.887. The summed E-state index contributed by atoms with van der Waals surface area (Å²) < 4.78 is 0. The van der Waals surface area contributed by atoms with Crippen LogP contribution < -0.4 is 5.32 Å². The highest BCUT2D eigenvalue weighted by molar-refractivity contribution is 7.13. The van der Waals surface area contributed by atoms with Crippen molar-refractivity contribution in [2.45, 2.75) is 26.3 Å². The lowest BCUT2D eigenvalue weighted by Crippen LogP contribution is -2.34. The van der Waals surface area contributed by atoms with E-state index < -0.39 is 0 Å². The summed E-state index contributed by atoms with van der Waals surface area (Å²) in [5.74, 6) is -0.166. The predicted octanol–water partition coefficient (Wildman–Crippen LogP) is 2.15. The van der Waals surface area contributed by atoms with Gasteiger partial charge in [-0.15, -0.1) is 11.3 Å². The summed E-state index contributed by atoms with van der Waals surface area (Å²) in [4.78, 5) is 17.1. The number of benzene rings is 1. The van der Waals surface area contributed by atoms with E-state index in [9.17, 15) is 4.79 Å². The van der Waals surface area contributed by atoms with Gasteiger partial charge in [-0.05, 0) is 19.4 Å². The number of aliphatic hydroxyl groups is 1. The number of aliphatic hydroxyl groups excluding tert-OH is 1. The number of thiazole rings is 1. The van der Waals surface area contributed by atoms with Crippen LogP contribution in [0.3, 0.4) is 0 Å². The van der Waals surface area contributed by atoms with Crippen LogP contribution in [-0.2, 0) is 6.42 Å². The smallest absolute Gasteiger partial charge is 0.263 e. The van der Waals surface area contributed by atoms with Gasteiger partial charge in [0.25, 0.3) is 5.91 Å². The van der Waals surface area contributed by atoms with Gasteiger partial charge in [0.2, 0.25) is 0 Å². The second kappa shape index (κ2) is 6.63. The topological polar surface area (TPSA) is 62.2 Å². The maximum Gasteiger partial charge on any atom is 0.263 e. The molecule has 1 atom stereocenters. The minimum absolute atomic E-state index is 0.0690. The molecule has 106 valence electrons. The molecule has 0 bridgehead atoms. The maximum absolute atomic E-state index is 12.0. The molecule has 4 nitrogen and oxygen atoms in total. The van der Waals surface area contributed by atoms with Crippen molar-refractivity contribution in [3.8, 4) is 0 Å². The lowest BCUT2D eigenvalue weighted by Gasteiger charge is -2.09.